The van der Waals surface area contributed by atoms with Crippen molar-refractivity contribution in [3.8, 4) is 0 Å². The van der Waals surface area contributed by atoms with E-state index in [1.54, 1.807) is 0 Å². The van der Waals surface area contributed by atoms with E-state index in [0.717, 1.165) is 6.54 Å². The second-order valence-corrected chi connectivity index (χ2v) is 1.71. The van der Waals surface area contributed by atoms with Gasteiger partial charge in [-0.25, -0.2) is 0 Å². The van der Waals surface area contributed by atoms with Crippen molar-refractivity contribution in [2.75, 3.05) is 13.0 Å². The first-order valence-corrected chi connectivity index (χ1v) is 3.12. The summed E-state index contributed by atoms with van der Waals surface area (Å²) in [5, 5.41) is 3.25. The van der Waals surface area contributed by atoms with Crippen LogP contribution in [0.1, 0.15) is 13.8 Å². The number of hydrogen-bond acceptors (Lipinski definition) is 1. The highest BCUT2D eigenvalue weighted by Gasteiger charge is 1.80. The van der Waals surface area contributed by atoms with Crippen molar-refractivity contribution < 1.29 is 0 Å². The number of hydrogen-bond donors (Lipinski definition) is 1. The molecule has 0 aromatic heterocycles. The lowest BCUT2D eigenvalue weighted by molar-refractivity contribution is 0.828. The maximum atomic E-state index is 3.25. The predicted molar refractivity (Wildman–Crippen MR) is 36.2 cm³/mol. The lowest BCUT2D eigenvalue weighted by Crippen LogP contribution is -2.18. The van der Waals surface area contributed by atoms with Crippen LogP contribution in [0.25, 0.3) is 0 Å². The van der Waals surface area contributed by atoms with Gasteiger partial charge >= 0.3 is 0 Å². The molecule has 0 amide bonds. The van der Waals surface area contributed by atoms with Gasteiger partial charge in [0.15, 0.2) is 0 Å². The SMILES string of the molecule is CCBCNCC. The molecule has 0 aromatic rings. The van der Waals surface area contributed by atoms with E-state index in [1.165, 1.54) is 20.0 Å². The van der Waals surface area contributed by atoms with Crippen molar-refractivity contribution >= 4 is 7.28 Å². The van der Waals surface area contributed by atoms with Crippen LogP contribution in [0.5, 0.6) is 0 Å². The first-order chi connectivity index (χ1) is 3.41. The minimum Gasteiger partial charge on any atom is -0.325 e. The fraction of sp³-hybridized carbons (Fsp3) is 1.00. The Morgan fingerprint density at radius 1 is 1.43 bits per heavy atom. The van der Waals surface area contributed by atoms with Gasteiger partial charge in [0.25, 0.3) is 0 Å². The summed E-state index contributed by atoms with van der Waals surface area (Å²) < 4.78 is 0. The molecule has 1 nitrogen and oxygen atoms in total. The molecule has 0 aliphatic heterocycles. The first-order valence-electron chi connectivity index (χ1n) is 3.12. The average molecular weight is 99.0 g/mol. The van der Waals surface area contributed by atoms with Crippen LogP contribution >= 0.6 is 0 Å². The third-order valence-corrected chi connectivity index (χ3v) is 0.957. The molecule has 0 saturated carbocycles. The summed E-state index contributed by atoms with van der Waals surface area (Å²) in [5.41, 5.74) is 0. The van der Waals surface area contributed by atoms with Crippen molar-refractivity contribution in [2.24, 2.45) is 0 Å². The van der Waals surface area contributed by atoms with Crippen LogP contribution in [0.3, 0.4) is 0 Å². The van der Waals surface area contributed by atoms with E-state index in [4.69, 9.17) is 0 Å². The Labute approximate surface area is 46.7 Å². The molecule has 0 saturated heterocycles. The zero-order valence-corrected chi connectivity index (χ0v) is 5.33. The molecule has 0 unspecified atom stereocenters. The summed E-state index contributed by atoms with van der Waals surface area (Å²) in [6.45, 7) is 5.45. The highest BCUT2D eigenvalue weighted by Crippen LogP contribution is 1.68. The topological polar surface area (TPSA) is 12.0 Å². The molecule has 0 bridgehead atoms. The van der Waals surface area contributed by atoms with E-state index in [9.17, 15) is 0 Å². The molecule has 0 rings (SSSR count). The van der Waals surface area contributed by atoms with Gasteiger partial charge in [0, 0.05) is 0 Å². The van der Waals surface area contributed by atoms with Crippen LogP contribution in [0.15, 0.2) is 0 Å². The van der Waals surface area contributed by atoms with E-state index in [1.807, 2.05) is 0 Å². The second-order valence-electron chi connectivity index (χ2n) is 1.71. The molecular formula is C5H14BN. The summed E-state index contributed by atoms with van der Waals surface area (Å²) >= 11 is 0. The van der Waals surface area contributed by atoms with Crippen molar-refractivity contribution in [1.82, 2.24) is 5.32 Å². The molecule has 1 N–H and O–H groups in total. The van der Waals surface area contributed by atoms with E-state index >= 15 is 0 Å². The van der Waals surface area contributed by atoms with Gasteiger partial charge in [-0.1, -0.05) is 20.2 Å². The van der Waals surface area contributed by atoms with Crippen molar-refractivity contribution in [2.45, 2.75) is 20.2 Å². The summed E-state index contributed by atoms with van der Waals surface area (Å²) in [4.78, 5) is 0. The van der Waals surface area contributed by atoms with Crippen LogP contribution in [-0.2, 0) is 0 Å². The molecule has 0 fully saturated rings. The molecule has 0 aliphatic rings. The van der Waals surface area contributed by atoms with Gasteiger partial charge in [-0.15, -0.1) is 0 Å². The zero-order chi connectivity index (χ0) is 5.54. The molecule has 7 heavy (non-hydrogen) atoms. The summed E-state index contributed by atoms with van der Waals surface area (Å²) in [6.07, 6.45) is 2.49. The Kier molecular flexibility index (Phi) is 6.05. The fourth-order valence-electron chi connectivity index (χ4n) is 0.479. The fourth-order valence-corrected chi connectivity index (χ4v) is 0.479. The molecular weight excluding hydrogens is 84.9 g/mol. The van der Waals surface area contributed by atoms with Crippen LogP contribution in [0.4, 0.5) is 0 Å². The monoisotopic (exact) mass is 99.1 g/mol. The van der Waals surface area contributed by atoms with Crippen molar-refractivity contribution in [3.63, 3.8) is 0 Å². The molecule has 0 atom stereocenters. The summed E-state index contributed by atoms with van der Waals surface area (Å²) in [7, 11) is 1.31. The standard InChI is InChI=1S/C5H14BN/c1-3-6-5-7-4-2/h6-7H,3-5H2,1-2H3. The van der Waals surface area contributed by atoms with Crippen LogP contribution in [0, 0.1) is 0 Å². The van der Waals surface area contributed by atoms with Crippen molar-refractivity contribution in [1.29, 1.82) is 0 Å². The summed E-state index contributed by atoms with van der Waals surface area (Å²) in [6, 6.07) is 0. The number of rotatable bonds is 4. The summed E-state index contributed by atoms with van der Waals surface area (Å²) in [5.74, 6) is 0. The minimum atomic E-state index is 1.11. The Morgan fingerprint density at radius 2 is 2.14 bits per heavy atom. The highest BCUT2D eigenvalue weighted by atomic mass is 14.8. The normalized spacial score (nSPS) is 8.86. The van der Waals surface area contributed by atoms with Gasteiger partial charge in [0.2, 0.25) is 0 Å². The van der Waals surface area contributed by atoms with Crippen LogP contribution in [0.2, 0.25) is 6.32 Å². The Balaban J connectivity index is 2.45. The van der Waals surface area contributed by atoms with Crippen LogP contribution < -0.4 is 5.32 Å². The van der Waals surface area contributed by atoms with E-state index in [2.05, 4.69) is 19.2 Å². The van der Waals surface area contributed by atoms with E-state index in [0.29, 0.717) is 0 Å². The first kappa shape index (κ1) is 7.02. The Bertz CT molecular complexity index is 27.3. The van der Waals surface area contributed by atoms with Gasteiger partial charge in [0.05, 0.1) is 0 Å². The smallest absolute Gasteiger partial charge is 0.137 e. The molecule has 0 aromatic carbocycles. The van der Waals surface area contributed by atoms with Gasteiger partial charge in [0.1, 0.15) is 7.28 Å². The zero-order valence-electron chi connectivity index (χ0n) is 5.33. The second kappa shape index (κ2) is 6.02. The van der Waals surface area contributed by atoms with Gasteiger partial charge in [-0.3, -0.25) is 0 Å². The van der Waals surface area contributed by atoms with Gasteiger partial charge in [-0.2, -0.15) is 0 Å². The van der Waals surface area contributed by atoms with E-state index < -0.39 is 0 Å². The molecule has 0 heterocycles. The third kappa shape index (κ3) is 6.02. The highest BCUT2D eigenvalue weighted by molar-refractivity contribution is 6.35. The number of nitrogens with one attached hydrogen (secondary N) is 1. The molecule has 42 valence electrons. The maximum absolute atomic E-state index is 3.25. The molecule has 0 radical (unpaired) electrons. The maximum Gasteiger partial charge on any atom is 0.137 e. The Hall–Kier alpha value is 0.0249. The quantitative estimate of drug-likeness (QED) is 0.398. The third-order valence-electron chi connectivity index (χ3n) is 0.957. The van der Waals surface area contributed by atoms with E-state index in [-0.39, 0.29) is 0 Å². The molecule has 2 heteroatoms. The Morgan fingerprint density at radius 3 is 2.57 bits per heavy atom. The average Bonchev–Trinajstić information content (AvgIpc) is 1.69. The lowest BCUT2D eigenvalue weighted by Gasteiger charge is -1.93. The largest absolute Gasteiger partial charge is 0.325 e. The molecule has 0 aliphatic carbocycles. The van der Waals surface area contributed by atoms with Crippen LogP contribution in [-0.4, -0.2) is 20.3 Å². The predicted octanol–water partition coefficient (Wildman–Crippen LogP) is 0.428. The van der Waals surface area contributed by atoms with Gasteiger partial charge in [-0.05, 0) is 13.0 Å². The van der Waals surface area contributed by atoms with Gasteiger partial charge < -0.3 is 5.32 Å². The molecule has 0 spiro atoms. The van der Waals surface area contributed by atoms with Crippen molar-refractivity contribution in [3.05, 3.63) is 0 Å². The lowest BCUT2D eigenvalue weighted by atomic mass is 9.76. The minimum absolute atomic E-state index is 1.11.